The van der Waals surface area contributed by atoms with Crippen LogP contribution in [-0.4, -0.2) is 11.1 Å². The van der Waals surface area contributed by atoms with Gasteiger partial charge in [0.2, 0.25) is 0 Å². The van der Waals surface area contributed by atoms with Crippen molar-refractivity contribution >= 4 is 11.5 Å². The van der Waals surface area contributed by atoms with E-state index in [0.717, 1.165) is 31.3 Å². The quantitative estimate of drug-likeness (QED) is 0.818. The second-order valence-electron chi connectivity index (χ2n) is 4.63. The monoisotopic (exact) mass is 242 g/mol. The van der Waals surface area contributed by atoms with Gasteiger partial charge in [-0.3, -0.25) is 0 Å². The highest BCUT2D eigenvalue weighted by atomic mass is 16.4. The molecule has 0 unspecified atom stereocenters. The van der Waals surface area contributed by atoms with Gasteiger partial charge >= 0.3 is 5.97 Å². The molecule has 0 fully saturated rings. The third-order valence-corrected chi connectivity index (χ3v) is 3.31. The number of rotatable bonds is 3. The van der Waals surface area contributed by atoms with E-state index >= 15 is 0 Å². The number of hydrogen-bond donors (Lipinski definition) is 1. The van der Waals surface area contributed by atoms with E-state index in [-0.39, 0.29) is 0 Å². The van der Waals surface area contributed by atoms with Crippen LogP contribution >= 0.6 is 0 Å². The summed E-state index contributed by atoms with van der Waals surface area (Å²) in [6.07, 6.45) is 7.31. The van der Waals surface area contributed by atoms with Gasteiger partial charge in [0.1, 0.15) is 0 Å². The molecule has 2 rings (SSSR count). The third-order valence-electron chi connectivity index (χ3n) is 3.31. The molecule has 1 N–H and O–H groups in total. The molecular weight excluding hydrogens is 224 g/mol. The number of aliphatic carboxylic acids is 1. The van der Waals surface area contributed by atoms with Gasteiger partial charge in [-0.15, -0.1) is 0 Å². The molecule has 0 spiro atoms. The van der Waals surface area contributed by atoms with Crippen molar-refractivity contribution in [2.24, 2.45) is 0 Å². The van der Waals surface area contributed by atoms with Gasteiger partial charge in [-0.1, -0.05) is 37.3 Å². The molecule has 0 saturated carbocycles. The predicted molar refractivity (Wildman–Crippen MR) is 73.4 cm³/mol. The molecule has 0 atom stereocenters. The summed E-state index contributed by atoms with van der Waals surface area (Å²) in [7, 11) is 0. The van der Waals surface area contributed by atoms with Gasteiger partial charge < -0.3 is 5.11 Å². The molecule has 0 bridgehead atoms. The Kier molecular flexibility index (Phi) is 3.98. The van der Waals surface area contributed by atoms with Gasteiger partial charge in [0.15, 0.2) is 0 Å². The molecule has 0 amide bonds. The Balaban J connectivity index is 2.26. The summed E-state index contributed by atoms with van der Waals surface area (Å²) >= 11 is 0. The number of aryl methyl sites for hydroxylation is 1. The average Bonchev–Trinajstić information content (AvgIpc) is 2.38. The first-order valence-electron chi connectivity index (χ1n) is 6.42. The van der Waals surface area contributed by atoms with Crippen molar-refractivity contribution in [1.29, 1.82) is 0 Å². The second kappa shape index (κ2) is 5.67. The number of carboxylic acids is 1. The molecule has 2 nitrogen and oxygen atoms in total. The summed E-state index contributed by atoms with van der Waals surface area (Å²) in [5, 5.41) is 8.79. The maximum Gasteiger partial charge on any atom is 0.328 e. The Labute approximate surface area is 108 Å². The molecule has 1 aliphatic rings. The van der Waals surface area contributed by atoms with E-state index in [1.807, 2.05) is 6.08 Å². The number of carbonyl (C=O) groups is 1. The minimum absolute atomic E-state index is 0.858. The largest absolute Gasteiger partial charge is 0.478 e. The highest BCUT2D eigenvalue weighted by molar-refractivity contribution is 5.82. The predicted octanol–water partition coefficient (Wildman–Crippen LogP) is 3.83. The first-order valence-corrected chi connectivity index (χ1v) is 6.42. The molecule has 0 saturated heterocycles. The fourth-order valence-corrected chi connectivity index (χ4v) is 2.31. The average molecular weight is 242 g/mol. The standard InChI is InChI=1S/C16H18O2/c1-2-12-6-8-14(9-7-12)15-5-3-4-13(10-15)11-16(17)18/h6-11H,2-5H2,1H3,(H,17,18). The Morgan fingerprint density at radius 3 is 2.61 bits per heavy atom. The maximum absolute atomic E-state index is 10.7. The zero-order valence-electron chi connectivity index (χ0n) is 10.6. The normalized spacial score (nSPS) is 17.6. The van der Waals surface area contributed by atoms with Crippen LogP contribution in [0.15, 0.2) is 42.0 Å². The first-order chi connectivity index (χ1) is 8.69. The van der Waals surface area contributed by atoms with E-state index in [1.54, 1.807) is 0 Å². The van der Waals surface area contributed by atoms with Gasteiger partial charge in [0.25, 0.3) is 0 Å². The summed E-state index contributed by atoms with van der Waals surface area (Å²) < 4.78 is 0. The lowest BCUT2D eigenvalue weighted by Crippen LogP contribution is -1.98. The highest BCUT2D eigenvalue weighted by Gasteiger charge is 2.10. The zero-order chi connectivity index (χ0) is 13.0. The van der Waals surface area contributed by atoms with E-state index < -0.39 is 5.97 Å². The maximum atomic E-state index is 10.7. The first kappa shape index (κ1) is 12.6. The van der Waals surface area contributed by atoms with Crippen LogP contribution in [0, 0.1) is 0 Å². The van der Waals surface area contributed by atoms with Crippen molar-refractivity contribution in [3.63, 3.8) is 0 Å². The molecule has 2 heteroatoms. The van der Waals surface area contributed by atoms with E-state index in [0.29, 0.717) is 0 Å². The molecule has 1 aromatic rings. The van der Waals surface area contributed by atoms with Crippen LogP contribution in [0.4, 0.5) is 0 Å². The number of allylic oxidation sites excluding steroid dienone is 3. The Morgan fingerprint density at radius 1 is 1.28 bits per heavy atom. The SMILES string of the molecule is CCc1ccc(C2=CC(=CC(=O)O)CCC2)cc1. The van der Waals surface area contributed by atoms with Crippen LogP contribution in [0.2, 0.25) is 0 Å². The molecule has 1 aromatic carbocycles. The van der Waals surface area contributed by atoms with Crippen LogP contribution in [0.25, 0.3) is 5.57 Å². The van der Waals surface area contributed by atoms with E-state index in [9.17, 15) is 4.79 Å². The highest BCUT2D eigenvalue weighted by Crippen LogP contribution is 2.29. The van der Waals surface area contributed by atoms with Crippen molar-refractivity contribution in [3.05, 3.63) is 53.1 Å². The summed E-state index contributed by atoms with van der Waals surface area (Å²) in [6.45, 7) is 2.14. The topological polar surface area (TPSA) is 37.3 Å². The zero-order valence-corrected chi connectivity index (χ0v) is 10.6. The van der Waals surface area contributed by atoms with Crippen molar-refractivity contribution in [3.8, 4) is 0 Å². The number of carboxylic acid groups (broad SMARTS) is 1. The van der Waals surface area contributed by atoms with Gasteiger partial charge in [-0.05, 0) is 48.0 Å². The molecule has 1 aliphatic carbocycles. The Bertz CT molecular complexity index is 492. The van der Waals surface area contributed by atoms with Crippen LogP contribution in [-0.2, 0) is 11.2 Å². The Hall–Kier alpha value is -1.83. The summed E-state index contributed by atoms with van der Waals surface area (Å²) in [5.41, 5.74) is 4.71. The smallest absolute Gasteiger partial charge is 0.328 e. The van der Waals surface area contributed by atoms with Gasteiger partial charge in [0, 0.05) is 6.08 Å². The Morgan fingerprint density at radius 2 is 2.00 bits per heavy atom. The molecular formula is C16H18O2. The number of hydrogen-bond acceptors (Lipinski definition) is 1. The summed E-state index contributed by atoms with van der Waals surface area (Å²) in [4.78, 5) is 10.7. The molecule has 0 heterocycles. The van der Waals surface area contributed by atoms with Crippen LogP contribution in [0.1, 0.15) is 37.3 Å². The lowest BCUT2D eigenvalue weighted by Gasteiger charge is -2.15. The fourth-order valence-electron chi connectivity index (χ4n) is 2.31. The van der Waals surface area contributed by atoms with Gasteiger partial charge in [0.05, 0.1) is 0 Å². The minimum Gasteiger partial charge on any atom is -0.478 e. The number of benzene rings is 1. The molecule has 18 heavy (non-hydrogen) atoms. The van der Waals surface area contributed by atoms with Crippen LogP contribution in [0.5, 0.6) is 0 Å². The van der Waals surface area contributed by atoms with E-state index in [4.69, 9.17) is 5.11 Å². The molecule has 0 aromatic heterocycles. The molecule has 0 aliphatic heterocycles. The summed E-state index contributed by atoms with van der Waals surface area (Å²) in [6, 6.07) is 8.56. The molecule has 0 radical (unpaired) electrons. The van der Waals surface area contributed by atoms with Gasteiger partial charge in [-0.25, -0.2) is 4.79 Å². The second-order valence-corrected chi connectivity index (χ2v) is 4.63. The third kappa shape index (κ3) is 3.10. The van der Waals surface area contributed by atoms with Crippen LogP contribution < -0.4 is 0 Å². The van der Waals surface area contributed by atoms with Crippen molar-refractivity contribution in [2.45, 2.75) is 32.6 Å². The van der Waals surface area contributed by atoms with E-state index in [1.165, 1.54) is 22.8 Å². The van der Waals surface area contributed by atoms with Crippen LogP contribution in [0.3, 0.4) is 0 Å². The van der Waals surface area contributed by atoms with Crippen molar-refractivity contribution in [2.75, 3.05) is 0 Å². The lowest BCUT2D eigenvalue weighted by atomic mass is 9.90. The fraction of sp³-hybridized carbons (Fsp3) is 0.312. The lowest BCUT2D eigenvalue weighted by molar-refractivity contribution is -0.131. The van der Waals surface area contributed by atoms with Gasteiger partial charge in [-0.2, -0.15) is 0 Å². The van der Waals surface area contributed by atoms with Crippen molar-refractivity contribution < 1.29 is 9.90 Å². The summed E-state index contributed by atoms with van der Waals surface area (Å²) in [5.74, 6) is -0.858. The minimum atomic E-state index is -0.858. The van der Waals surface area contributed by atoms with E-state index in [2.05, 4.69) is 31.2 Å². The van der Waals surface area contributed by atoms with Crippen molar-refractivity contribution in [1.82, 2.24) is 0 Å². The molecule has 94 valence electrons.